The Morgan fingerprint density at radius 1 is 1.37 bits per heavy atom. The molecule has 19 heavy (non-hydrogen) atoms. The first-order valence-electron chi connectivity index (χ1n) is 5.98. The minimum absolute atomic E-state index is 0.0291. The summed E-state index contributed by atoms with van der Waals surface area (Å²) in [6.07, 6.45) is 0. The fourth-order valence-corrected chi connectivity index (χ4v) is 1.43. The van der Waals surface area contributed by atoms with Gasteiger partial charge in [-0.1, -0.05) is 32.9 Å². The minimum Gasteiger partial charge on any atom is -0.351 e. The lowest BCUT2D eigenvalue weighted by molar-refractivity contribution is -0.384. The van der Waals surface area contributed by atoms with Crippen LogP contribution in [0, 0.1) is 15.5 Å². The highest BCUT2D eigenvalue weighted by molar-refractivity contribution is 5.82. The van der Waals surface area contributed by atoms with Crippen molar-refractivity contribution in [3.05, 3.63) is 39.9 Å². The van der Waals surface area contributed by atoms with E-state index < -0.39 is 11.0 Å². The van der Waals surface area contributed by atoms with Gasteiger partial charge in [0.15, 0.2) is 0 Å². The maximum Gasteiger partial charge on any atom is 0.269 e. The maximum absolute atomic E-state index is 11.8. The van der Waals surface area contributed by atoms with E-state index >= 15 is 0 Å². The first-order chi connectivity index (χ1) is 8.71. The molecule has 0 radical (unpaired) electrons. The van der Waals surface area contributed by atoms with Crippen LogP contribution in [0.1, 0.15) is 26.3 Å². The van der Waals surface area contributed by atoms with Crippen molar-refractivity contribution in [2.24, 2.45) is 11.1 Å². The largest absolute Gasteiger partial charge is 0.351 e. The molecule has 1 amide bonds. The van der Waals surface area contributed by atoms with Crippen LogP contribution in [0.15, 0.2) is 24.3 Å². The minimum atomic E-state index is -0.592. The highest BCUT2D eigenvalue weighted by Gasteiger charge is 2.27. The van der Waals surface area contributed by atoms with Crippen LogP contribution in [0.5, 0.6) is 0 Å². The molecule has 0 aliphatic heterocycles. The van der Waals surface area contributed by atoms with Gasteiger partial charge in [-0.15, -0.1) is 0 Å². The summed E-state index contributed by atoms with van der Waals surface area (Å²) in [5.74, 6) is -0.231. The number of hydrogen-bond acceptors (Lipinski definition) is 4. The normalized spacial score (nSPS) is 12.8. The topological polar surface area (TPSA) is 98.3 Å². The Morgan fingerprint density at radius 3 is 2.32 bits per heavy atom. The molecular weight excluding hydrogens is 246 g/mol. The third-order valence-electron chi connectivity index (χ3n) is 2.83. The summed E-state index contributed by atoms with van der Waals surface area (Å²) in [6.45, 7) is 5.98. The molecule has 0 aliphatic carbocycles. The molecule has 1 aromatic carbocycles. The summed E-state index contributed by atoms with van der Waals surface area (Å²) in [5, 5.41) is 13.2. The second-order valence-electron chi connectivity index (χ2n) is 5.49. The number of nitro groups is 1. The zero-order valence-electron chi connectivity index (χ0n) is 11.3. The van der Waals surface area contributed by atoms with Gasteiger partial charge < -0.3 is 11.1 Å². The van der Waals surface area contributed by atoms with Gasteiger partial charge in [-0.2, -0.15) is 0 Å². The molecule has 3 N–H and O–H groups in total. The number of nitro benzene ring substituents is 1. The molecule has 0 saturated heterocycles. The molecule has 6 heteroatoms. The van der Waals surface area contributed by atoms with Gasteiger partial charge in [0.2, 0.25) is 5.91 Å². The van der Waals surface area contributed by atoms with Crippen LogP contribution in [-0.2, 0) is 11.3 Å². The van der Waals surface area contributed by atoms with Crippen LogP contribution in [-0.4, -0.2) is 16.9 Å². The van der Waals surface area contributed by atoms with E-state index in [2.05, 4.69) is 5.32 Å². The van der Waals surface area contributed by atoms with Crippen molar-refractivity contribution in [3.63, 3.8) is 0 Å². The molecule has 0 bridgehead atoms. The Balaban J connectivity index is 2.58. The second kappa shape index (κ2) is 5.79. The molecule has 0 fully saturated rings. The summed E-state index contributed by atoms with van der Waals surface area (Å²) in [6, 6.07) is 5.45. The predicted octanol–water partition coefficient (Wildman–Crippen LogP) is 1.58. The van der Waals surface area contributed by atoms with Crippen LogP contribution < -0.4 is 11.1 Å². The number of rotatable bonds is 4. The average molecular weight is 265 g/mol. The van der Waals surface area contributed by atoms with E-state index in [-0.39, 0.29) is 17.0 Å². The maximum atomic E-state index is 11.8. The van der Waals surface area contributed by atoms with Crippen molar-refractivity contribution in [1.82, 2.24) is 5.32 Å². The number of non-ortho nitro benzene ring substituents is 1. The summed E-state index contributed by atoms with van der Waals surface area (Å²) in [7, 11) is 0. The molecule has 104 valence electrons. The van der Waals surface area contributed by atoms with Crippen LogP contribution in [0.25, 0.3) is 0 Å². The number of benzene rings is 1. The highest BCUT2D eigenvalue weighted by Crippen LogP contribution is 2.17. The summed E-state index contributed by atoms with van der Waals surface area (Å²) in [5.41, 5.74) is 6.34. The molecule has 1 aromatic rings. The monoisotopic (exact) mass is 265 g/mol. The van der Waals surface area contributed by atoms with Gasteiger partial charge in [-0.25, -0.2) is 0 Å². The number of nitrogens with zero attached hydrogens (tertiary/aromatic N) is 1. The van der Waals surface area contributed by atoms with Crippen LogP contribution >= 0.6 is 0 Å². The van der Waals surface area contributed by atoms with E-state index in [4.69, 9.17) is 5.73 Å². The number of carbonyl (C=O) groups excluding carboxylic acids is 1. The standard InChI is InChI=1S/C13H19N3O3/c1-13(2,3)11(14)12(17)15-8-9-4-6-10(7-5-9)16(18)19/h4-7,11H,8,14H2,1-3H3,(H,15,17). The SMILES string of the molecule is CC(C)(C)C(N)C(=O)NCc1ccc([N+](=O)[O-])cc1. The van der Waals surface area contributed by atoms with E-state index in [1.165, 1.54) is 12.1 Å². The molecule has 0 aromatic heterocycles. The molecular formula is C13H19N3O3. The van der Waals surface area contributed by atoms with Crippen LogP contribution in [0.4, 0.5) is 5.69 Å². The molecule has 0 aliphatic rings. The first kappa shape index (κ1) is 15.1. The molecule has 1 unspecified atom stereocenters. The number of hydrogen-bond donors (Lipinski definition) is 2. The molecule has 1 atom stereocenters. The Hall–Kier alpha value is -1.95. The zero-order valence-corrected chi connectivity index (χ0v) is 11.3. The Kier molecular flexibility index (Phi) is 4.61. The number of amides is 1. The third kappa shape index (κ3) is 4.33. The van der Waals surface area contributed by atoms with Crippen molar-refractivity contribution in [3.8, 4) is 0 Å². The fourth-order valence-electron chi connectivity index (χ4n) is 1.43. The Morgan fingerprint density at radius 2 is 1.89 bits per heavy atom. The molecule has 0 heterocycles. The lowest BCUT2D eigenvalue weighted by Crippen LogP contribution is -2.48. The van der Waals surface area contributed by atoms with Gasteiger partial charge in [-0.3, -0.25) is 14.9 Å². The first-order valence-corrected chi connectivity index (χ1v) is 5.98. The molecule has 6 nitrogen and oxygen atoms in total. The van der Waals surface area contributed by atoms with Gasteiger partial charge in [0.25, 0.3) is 5.69 Å². The van der Waals surface area contributed by atoms with Crippen molar-refractivity contribution < 1.29 is 9.72 Å². The summed E-state index contributed by atoms with van der Waals surface area (Å²) < 4.78 is 0. The van der Waals surface area contributed by atoms with Crippen molar-refractivity contribution >= 4 is 11.6 Å². The fraction of sp³-hybridized carbons (Fsp3) is 0.462. The van der Waals surface area contributed by atoms with Gasteiger partial charge in [0.1, 0.15) is 0 Å². The smallest absolute Gasteiger partial charge is 0.269 e. The Labute approximate surface area is 112 Å². The highest BCUT2D eigenvalue weighted by atomic mass is 16.6. The lowest BCUT2D eigenvalue weighted by atomic mass is 9.87. The van der Waals surface area contributed by atoms with Crippen molar-refractivity contribution in [2.75, 3.05) is 0 Å². The predicted molar refractivity (Wildman–Crippen MR) is 72.4 cm³/mol. The van der Waals surface area contributed by atoms with Crippen molar-refractivity contribution in [2.45, 2.75) is 33.4 Å². The Bertz CT molecular complexity index is 463. The van der Waals surface area contributed by atoms with Crippen LogP contribution in [0.3, 0.4) is 0 Å². The van der Waals surface area contributed by atoms with Gasteiger partial charge in [0, 0.05) is 18.7 Å². The van der Waals surface area contributed by atoms with E-state index in [1.54, 1.807) is 12.1 Å². The molecule has 0 saturated carbocycles. The summed E-state index contributed by atoms with van der Waals surface area (Å²) >= 11 is 0. The van der Waals surface area contributed by atoms with E-state index in [0.717, 1.165) is 5.56 Å². The van der Waals surface area contributed by atoms with E-state index in [9.17, 15) is 14.9 Å². The number of nitrogens with one attached hydrogen (secondary N) is 1. The summed E-state index contributed by atoms with van der Waals surface area (Å²) in [4.78, 5) is 21.8. The number of nitrogens with two attached hydrogens (primary N) is 1. The quantitative estimate of drug-likeness (QED) is 0.638. The van der Waals surface area contributed by atoms with Gasteiger partial charge in [-0.05, 0) is 11.0 Å². The van der Waals surface area contributed by atoms with Crippen LogP contribution in [0.2, 0.25) is 0 Å². The van der Waals surface area contributed by atoms with Gasteiger partial charge >= 0.3 is 0 Å². The van der Waals surface area contributed by atoms with Gasteiger partial charge in [0.05, 0.1) is 11.0 Å². The molecule has 1 rings (SSSR count). The molecule has 0 spiro atoms. The lowest BCUT2D eigenvalue weighted by Gasteiger charge is -2.25. The average Bonchev–Trinajstić information content (AvgIpc) is 2.34. The third-order valence-corrected chi connectivity index (χ3v) is 2.83. The van der Waals surface area contributed by atoms with E-state index in [0.29, 0.717) is 6.54 Å². The second-order valence-corrected chi connectivity index (χ2v) is 5.49. The van der Waals surface area contributed by atoms with Crippen molar-refractivity contribution in [1.29, 1.82) is 0 Å². The zero-order chi connectivity index (χ0) is 14.6. The number of carbonyl (C=O) groups is 1. The van der Waals surface area contributed by atoms with E-state index in [1.807, 2.05) is 20.8 Å².